The molecule has 0 aliphatic carbocycles. The molecule has 5 heteroatoms. The van der Waals surface area contributed by atoms with Crippen LogP contribution in [0, 0.1) is 6.92 Å². The maximum atomic E-state index is 11.5. The van der Waals surface area contributed by atoms with Crippen molar-refractivity contribution in [2.24, 2.45) is 0 Å². The number of carboxylic acid groups (broad SMARTS) is 1. The van der Waals surface area contributed by atoms with Crippen molar-refractivity contribution >= 4 is 5.97 Å². The molecule has 0 spiro atoms. The Kier molecular flexibility index (Phi) is 4.33. The number of carbonyl (C=O) groups is 1. The molecule has 0 amide bonds. The number of methoxy groups -OCH3 is 1. The third kappa shape index (κ3) is 3.40. The highest BCUT2D eigenvalue weighted by Crippen LogP contribution is 2.41. The van der Waals surface area contributed by atoms with Crippen molar-refractivity contribution in [1.29, 1.82) is 0 Å². The van der Waals surface area contributed by atoms with Crippen LogP contribution >= 0.6 is 0 Å². The van der Waals surface area contributed by atoms with E-state index in [9.17, 15) is 9.90 Å². The van der Waals surface area contributed by atoms with Crippen LogP contribution in [-0.4, -0.2) is 30.4 Å². The minimum absolute atomic E-state index is 0.487. The molecule has 1 aliphatic heterocycles. The first-order valence-corrected chi connectivity index (χ1v) is 8.18. The van der Waals surface area contributed by atoms with Crippen LogP contribution < -0.4 is 14.2 Å². The number of benzene rings is 2. The maximum Gasteiger partial charge on any atom is 0.347 e. The summed E-state index contributed by atoms with van der Waals surface area (Å²) in [6.45, 7) is 5.68. The summed E-state index contributed by atoms with van der Waals surface area (Å²) < 4.78 is 16.9. The van der Waals surface area contributed by atoms with E-state index in [-0.39, 0.29) is 0 Å². The topological polar surface area (TPSA) is 65.0 Å². The Morgan fingerprint density at radius 1 is 1.20 bits per heavy atom. The molecule has 25 heavy (non-hydrogen) atoms. The minimum Gasteiger partial charge on any atom is -0.497 e. The second kappa shape index (κ2) is 6.31. The van der Waals surface area contributed by atoms with E-state index in [2.05, 4.69) is 0 Å². The zero-order valence-corrected chi connectivity index (χ0v) is 14.9. The first-order valence-electron chi connectivity index (χ1n) is 8.18. The molecule has 0 fully saturated rings. The molecule has 1 N–H and O–H groups in total. The predicted molar refractivity (Wildman–Crippen MR) is 94.7 cm³/mol. The van der Waals surface area contributed by atoms with Crippen LogP contribution in [0.1, 0.15) is 25.0 Å². The molecule has 0 saturated carbocycles. The number of ether oxygens (including phenoxy) is 3. The Bertz CT molecular complexity index is 823. The first-order chi connectivity index (χ1) is 11.8. The Morgan fingerprint density at radius 2 is 1.96 bits per heavy atom. The lowest BCUT2D eigenvalue weighted by Crippen LogP contribution is -2.38. The number of aliphatic carboxylic acids is 1. The van der Waals surface area contributed by atoms with Crippen LogP contribution in [0.2, 0.25) is 0 Å². The SMILES string of the molecule is COc1cc(C)cc(-c2cc3c(cc2OC(C)(C)C(=O)O)OCC3)c1. The number of hydrogen-bond acceptors (Lipinski definition) is 4. The van der Waals surface area contributed by atoms with E-state index in [1.165, 1.54) is 13.8 Å². The molecule has 0 unspecified atom stereocenters. The second-order valence-electron chi connectivity index (χ2n) is 6.71. The molecule has 5 nitrogen and oxygen atoms in total. The number of rotatable bonds is 5. The highest BCUT2D eigenvalue weighted by atomic mass is 16.5. The van der Waals surface area contributed by atoms with Gasteiger partial charge in [0.15, 0.2) is 5.60 Å². The summed E-state index contributed by atoms with van der Waals surface area (Å²) in [6.07, 6.45) is 0.827. The van der Waals surface area contributed by atoms with Gasteiger partial charge < -0.3 is 19.3 Å². The molecule has 1 heterocycles. The Balaban J connectivity index is 2.15. The highest BCUT2D eigenvalue weighted by molar-refractivity contribution is 5.79. The normalized spacial score (nSPS) is 13.1. The lowest BCUT2D eigenvalue weighted by Gasteiger charge is -2.24. The Hall–Kier alpha value is -2.69. The third-order valence-electron chi connectivity index (χ3n) is 4.27. The molecule has 0 aromatic heterocycles. The van der Waals surface area contributed by atoms with E-state index in [1.54, 1.807) is 13.2 Å². The molecule has 0 saturated heterocycles. The van der Waals surface area contributed by atoms with Crippen molar-refractivity contribution in [3.05, 3.63) is 41.5 Å². The number of hydrogen-bond donors (Lipinski definition) is 1. The van der Waals surface area contributed by atoms with Gasteiger partial charge in [0, 0.05) is 18.1 Å². The molecule has 2 aromatic rings. The smallest absolute Gasteiger partial charge is 0.347 e. The van der Waals surface area contributed by atoms with E-state index in [0.29, 0.717) is 12.4 Å². The molecule has 0 atom stereocenters. The van der Waals surface area contributed by atoms with Crippen LogP contribution in [-0.2, 0) is 11.2 Å². The first kappa shape index (κ1) is 17.1. The van der Waals surface area contributed by atoms with E-state index >= 15 is 0 Å². The second-order valence-corrected chi connectivity index (χ2v) is 6.71. The molecular formula is C20H22O5. The molecule has 132 valence electrons. The summed E-state index contributed by atoms with van der Waals surface area (Å²) >= 11 is 0. The van der Waals surface area contributed by atoms with Crippen LogP contribution in [0.3, 0.4) is 0 Å². The van der Waals surface area contributed by atoms with Crippen LogP contribution in [0.5, 0.6) is 17.2 Å². The summed E-state index contributed by atoms with van der Waals surface area (Å²) in [4.78, 5) is 11.5. The number of fused-ring (bicyclic) bond motifs is 1. The summed E-state index contributed by atoms with van der Waals surface area (Å²) in [5, 5.41) is 9.41. The largest absolute Gasteiger partial charge is 0.497 e. The van der Waals surface area contributed by atoms with E-state index < -0.39 is 11.6 Å². The standard InChI is InChI=1S/C20H22O5/c1-12-7-14(9-15(8-12)23-4)16-10-13-5-6-24-17(13)11-18(16)25-20(2,3)19(21)22/h7-11H,5-6H2,1-4H3,(H,21,22). The number of aryl methyl sites for hydroxylation is 1. The average molecular weight is 342 g/mol. The van der Waals surface area contributed by atoms with Gasteiger partial charge in [0.1, 0.15) is 17.2 Å². The molecule has 2 aromatic carbocycles. The van der Waals surface area contributed by atoms with Crippen molar-refractivity contribution in [2.45, 2.75) is 32.8 Å². The van der Waals surface area contributed by atoms with E-state index in [4.69, 9.17) is 14.2 Å². The maximum absolute atomic E-state index is 11.5. The predicted octanol–water partition coefficient (Wildman–Crippen LogP) is 3.85. The van der Waals surface area contributed by atoms with Gasteiger partial charge in [0.25, 0.3) is 0 Å². The van der Waals surface area contributed by atoms with Crippen molar-refractivity contribution < 1.29 is 24.1 Å². The van der Waals surface area contributed by atoms with Crippen molar-refractivity contribution in [2.75, 3.05) is 13.7 Å². The van der Waals surface area contributed by atoms with Gasteiger partial charge in [-0.15, -0.1) is 0 Å². The Morgan fingerprint density at radius 3 is 2.64 bits per heavy atom. The van der Waals surface area contributed by atoms with E-state index in [0.717, 1.165) is 40.2 Å². The monoisotopic (exact) mass is 342 g/mol. The lowest BCUT2D eigenvalue weighted by molar-refractivity contribution is -0.152. The van der Waals surface area contributed by atoms with Gasteiger partial charge in [-0.2, -0.15) is 0 Å². The van der Waals surface area contributed by atoms with Crippen molar-refractivity contribution in [1.82, 2.24) is 0 Å². The summed E-state index contributed by atoms with van der Waals surface area (Å²) in [7, 11) is 1.63. The fourth-order valence-electron chi connectivity index (χ4n) is 2.86. The average Bonchev–Trinajstić information content (AvgIpc) is 3.00. The van der Waals surface area contributed by atoms with Gasteiger partial charge in [0.2, 0.25) is 0 Å². The highest BCUT2D eigenvalue weighted by Gasteiger charge is 2.31. The molecule has 0 bridgehead atoms. The summed E-state index contributed by atoms with van der Waals surface area (Å²) in [6, 6.07) is 9.70. The zero-order valence-electron chi connectivity index (χ0n) is 14.9. The zero-order chi connectivity index (χ0) is 18.2. The third-order valence-corrected chi connectivity index (χ3v) is 4.27. The summed E-state index contributed by atoms with van der Waals surface area (Å²) in [5.74, 6) is 0.956. The van der Waals surface area contributed by atoms with Crippen molar-refractivity contribution in [3.8, 4) is 28.4 Å². The van der Waals surface area contributed by atoms with Gasteiger partial charge in [-0.1, -0.05) is 6.07 Å². The minimum atomic E-state index is -1.35. The Labute approximate surface area is 147 Å². The number of carboxylic acids is 1. The van der Waals surface area contributed by atoms with Gasteiger partial charge >= 0.3 is 5.97 Å². The lowest BCUT2D eigenvalue weighted by atomic mass is 9.98. The van der Waals surface area contributed by atoms with Crippen LogP contribution in [0.15, 0.2) is 30.3 Å². The molecular weight excluding hydrogens is 320 g/mol. The van der Waals surface area contributed by atoms with Gasteiger partial charge in [-0.25, -0.2) is 4.79 Å². The van der Waals surface area contributed by atoms with Gasteiger partial charge in [-0.05, 0) is 55.7 Å². The molecule has 3 rings (SSSR count). The fraction of sp³-hybridized carbons (Fsp3) is 0.350. The quantitative estimate of drug-likeness (QED) is 0.894. The van der Waals surface area contributed by atoms with Gasteiger partial charge in [-0.3, -0.25) is 0 Å². The van der Waals surface area contributed by atoms with Gasteiger partial charge in [0.05, 0.1) is 13.7 Å². The van der Waals surface area contributed by atoms with Crippen molar-refractivity contribution in [3.63, 3.8) is 0 Å². The summed E-state index contributed by atoms with van der Waals surface area (Å²) in [5.41, 5.74) is 2.55. The molecule has 0 radical (unpaired) electrons. The van der Waals surface area contributed by atoms with Crippen LogP contribution in [0.4, 0.5) is 0 Å². The van der Waals surface area contributed by atoms with E-state index in [1.807, 2.05) is 31.2 Å². The van der Waals surface area contributed by atoms with Crippen LogP contribution in [0.25, 0.3) is 11.1 Å². The fourth-order valence-corrected chi connectivity index (χ4v) is 2.86. The molecule has 1 aliphatic rings.